The second-order valence-electron chi connectivity index (χ2n) is 4.94. The normalized spacial score (nSPS) is 9.95. The summed E-state index contributed by atoms with van der Waals surface area (Å²) < 4.78 is 4.55. The van der Waals surface area contributed by atoms with Gasteiger partial charge in [0, 0.05) is 25.3 Å². The Kier molecular flexibility index (Phi) is 4.78. The van der Waals surface area contributed by atoms with E-state index < -0.39 is 6.09 Å². The number of nitrogens with one attached hydrogen (secondary N) is 1. The third-order valence-electron chi connectivity index (χ3n) is 3.19. The summed E-state index contributed by atoms with van der Waals surface area (Å²) >= 11 is 0. The molecule has 0 fully saturated rings. The molecule has 0 unspecified atom stereocenters. The molecule has 0 atom stereocenters. The summed E-state index contributed by atoms with van der Waals surface area (Å²) in [5, 5.41) is 2.59. The Morgan fingerprint density at radius 2 is 1.64 bits per heavy atom. The van der Waals surface area contributed by atoms with Gasteiger partial charge < -0.3 is 9.64 Å². The molecule has 0 aromatic heterocycles. The summed E-state index contributed by atoms with van der Waals surface area (Å²) in [5.74, 6) is -0.0487. The van der Waals surface area contributed by atoms with Gasteiger partial charge in [-0.2, -0.15) is 0 Å². The lowest BCUT2D eigenvalue weighted by Crippen LogP contribution is -2.22. The Morgan fingerprint density at radius 1 is 1.00 bits per heavy atom. The third kappa shape index (κ3) is 3.44. The number of hydrogen-bond donors (Lipinski definition) is 1. The summed E-state index contributed by atoms with van der Waals surface area (Å²) in [6.45, 7) is 0. The van der Waals surface area contributed by atoms with Crippen molar-refractivity contribution >= 4 is 17.7 Å². The van der Waals surface area contributed by atoms with Crippen LogP contribution in [-0.2, 0) is 4.74 Å². The number of carbonyl (C=O) groups is 2. The highest BCUT2D eigenvalue weighted by Gasteiger charge is 2.13. The van der Waals surface area contributed by atoms with Crippen LogP contribution in [0.1, 0.15) is 10.4 Å². The van der Waals surface area contributed by atoms with E-state index in [0.29, 0.717) is 11.3 Å². The lowest BCUT2D eigenvalue weighted by molar-refractivity contribution is 0.0828. The lowest BCUT2D eigenvalue weighted by atomic mass is 9.99. The maximum atomic E-state index is 12.2. The first-order valence-electron chi connectivity index (χ1n) is 6.79. The van der Waals surface area contributed by atoms with E-state index in [2.05, 4.69) is 10.1 Å². The van der Waals surface area contributed by atoms with Crippen molar-refractivity contribution in [2.75, 3.05) is 26.5 Å². The number of methoxy groups -OCH3 is 1. The minimum absolute atomic E-state index is 0.0487. The zero-order valence-electron chi connectivity index (χ0n) is 12.8. The fourth-order valence-electron chi connectivity index (χ4n) is 2.06. The molecular formula is C17H18N2O3. The van der Waals surface area contributed by atoms with Crippen LogP contribution in [0.3, 0.4) is 0 Å². The van der Waals surface area contributed by atoms with Gasteiger partial charge in [-0.25, -0.2) is 4.79 Å². The van der Waals surface area contributed by atoms with Crippen molar-refractivity contribution in [1.29, 1.82) is 0 Å². The van der Waals surface area contributed by atoms with Crippen molar-refractivity contribution in [3.05, 3.63) is 54.1 Å². The van der Waals surface area contributed by atoms with Crippen LogP contribution in [0, 0.1) is 0 Å². The van der Waals surface area contributed by atoms with Crippen LogP contribution in [0.5, 0.6) is 0 Å². The largest absolute Gasteiger partial charge is 0.453 e. The van der Waals surface area contributed by atoms with Gasteiger partial charge in [-0.1, -0.05) is 30.3 Å². The molecule has 5 heteroatoms. The van der Waals surface area contributed by atoms with E-state index >= 15 is 0 Å². The van der Waals surface area contributed by atoms with Gasteiger partial charge in [0.05, 0.1) is 7.11 Å². The Balaban J connectivity index is 2.33. The highest BCUT2D eigenvalue weighted by atomic mass is 16.5. The predicted octanol–water partition coefficient (Wildman–Crippen LogP) is 3.23. The van der Waals surface area contributed by atoms with Crippen molar-refractivity contribution < 1.29 is 14.3 Å². The number of nitrogens with zero attached hydrogens (tertiary/aromatic N) is 1. The standard InChI is InChI=1S/C17H18N2O3/c1-19(2)16(20)15-7-5-4-6-14(15)12-8-10-13(11-9-12)18-17(21)22-3/h4-11H,1-3H3,(H,18,21). The van der Waals surface area contributed by atoms with Crippen LogP contribution in [0.4, 0.5) is 10.5 Å². The Bertz CT molecular complexity index is 679. The number of benzene rings is 2. The molecule has 2 aromatic carbocycles. The fraction of sp³-hybridized carbons (Fsp3) is 0.176. The van der Waals surface area contributed by atoms with Crippen LogP contribution in [0.15, 0.2) is 48.5 Å². The van der Waals surface area contributed by atoms with Crippen molar-refractivity contribution in [2.45, 2.75) is 0 Å². The minimum atomic E-state index is -0.518. The Labute approximate surface area is 129 Å². The molecule has 2 aromatic rings. The lowest BCUT2D eigenvalue weighted by Gasteiger charge is -2.14. The molecule has 0 heterocycles. The molecule has 0 spiro atoms. The molecule has 0 bridgehead atoms. The first-order chi connectivity index (χ1) is 10.5. The van der Waals surface area contributed by atoms with Gasteiger partial charge in [-0.05, 0) is 29.3 Å². The summed E-state index contributed by atoms with van der Waals surface area (Å²) in [4.78, 5) is 25.0. The molecular weight excluding hydrogens is 280 g/mol. The molecule has 0 aliphatic rings. The van der Waals surface area contributed by atoms with Crippen LogP contribution in [0.25, 0.3) is 11.1 Å². The van der Waals surface area contributed by atoms with E-state index in [4.69, 9.17) is 0 Å². The Hall–Kier alpha value is -2.82. The number of ether oxygens (including phenoxy) is 1. The summed E-state index contributed by atoms with van der Waals surface area (Å²) in [7, 11) is 4.76. The maximum absolute atomic E-state index is 12.2. The van der Waals surface area contributed by atoms with Gasteiger partial charge in [0.15, 0.2) is 0 Å². The molecule has 0 saturated carbocycles. The average molecular weight is 298 g/mol. The van der Waals surface area contributed by atoms with E-state index in [9.17, 15) is 9.59 Å². The quantitative estimate of drug-likeness (QED) is 0.946. The monoisotopic (exact) mass is 298 g/mol. The Morgan fingerprint density at radius 3 is 2.23 bits per heavy atom. The molecule has 2 amide bonds. The van der Waals surface area contributed by atoms with Gasteiger partial charge in [0.25, 0.3) is 5.91 Å². The minimum Gasteiger partial charge on any atom is -0.453 e. The van der Waals surface area contributed by atoms with Crippen LogP contribution in [0.2, 0.25) is 0 Å². The predicted molar refractivity (Wildman–Crippen MR) is 85.9 cm³/mol. The highest BCUT2D eigenvalue weighted by Crippen LogP contribution is 2.26. The number of carbonyl (C=O) groups excluding carboxylic acids is 2. The number of hydrogen-bond acceptors (Lipinski definition) is 3. The molecule has 114 valence electrons. The smallest absolute Gasteiger partial charge is 0.411 e. The molecule has 0 radical (unpaired) electrons. The topological polar surface area (TPSA) is 58.6 Å². The zero-order valence-corrected chi connectivity index (χ0v) is 12.8. The fourth-order valence-corrected chi connectivity index (χ4v) is 2.06. The second kappa shape index (κ2) is 6.76. The van der Waals surface area contributed by atoms with Crippen molar-refractivity contribution in [3.63, 3.8) is 0 Å². The highest BCUT2D eigenvalue weighted by molar-refractivity contribution is 6.00. The molecule has 22 heavy (non-hydrogen) atoms. The molecule has 0 aliphatic carbocycles. The van der Waals surface area contributed by atoms with Gasteiger partial charge in [-0.3, -0.25) is 10.1 Å². The van der Waals surface area contributed by atoms with Crippen LogP contribution >= 0.6 is 0 Å². The van der Waals surface area contributed by atoms with Gasteiger partial charge in [0.1, 0.15) is 0 Å². The molecule has 0 saturated heterocycles. The van der Waals surface area contributed by atoms with Gasteiger partial charge >= 0.3 is 6.09 Å². The van der Waals surface area contributed by atoms with E-state index in [0.717, 1.165) is 11.1 Å². The van der Waals surface area contributed by atoms with Gasteiger partial charge in [0.2, 0.25) is 0 Å². The SMILES string of the molecule is COC(=O)Nc1ccc(-c2ccccc2C(=O)N(C)C)cc1. The van der Waals surface area contributed by atoms with Gasteiger partial charge in [-0.15, -0.1) is 0 Å². The third-order valence-corrected chi connectivity index (χ3v) is 3.19. The first kappa shape index (κ1) is 15.6. The molecule has 0 aliphatic heterocycles. The maximum Gasteiger partial charge on any atom is 0.411 e. The van der Waals surface area contributed by atoms with Crippen molar-refractivity contribution in [1.82, 2.24) is 4.90 Å². The summed E-state index contributed by atoms with van der Waals surface area (Å²) in [6.07, 6.45) is -0.518. The number of rotatable bonds is 3. The average Bonchev–Trinajstić information content (AvgIpc) is 2.54. The summed E-state index contributed by atoms with van der Waals surface area (Å²) in [6, 6.07) is 14.7. The van der Waals surface area contributed by atoms with E-state index in [1.807, 2.05) is 30.3 Å². The van der Waals surface area contributed by atoms with Crippen molar-refractivity contribution in [2.24, 2.45) is 0 Å². The first-order valence-corrected chi connectivity index (χ1v) is 6.79. The van der Waals surface area contributed by atoms with Crippen LogP contribution in [-0.4, -0.2) is 38.1 Å². The van der Waals surface area contributed by atoms with Crippen LogP contribution < -0.4 is 5.32 Å². The van der Waals surface area contributed by atoms with E-state index in [1.54, 1.807) is 37.2 Å². The molecule has 2 rings (SSSR count). The van der Waals surface area contributed by atoms with E-state index in [-0.39, 0.29) is 5.91 Å². The van der Waals surface area contributed by atoms with E-state index in [1.165, 1.54) is 7.11 Å². The zero-order chi connectivity index (χ0) is 16.1. The van der Waals surface area contributed by atoms with Crippen molar-refractivity contribution in [3.8, 4) is 11.1 Å². The second-order valence-corrected chi connectivity index (χ2v) is 4.94. The number of anilines is 1. The molecule has 1 N–H and O–H groups in total. The summed E-state index contributed by atoms with van der Waals surface area (Å²) in [5.41, 5.74) is 3.03. The number of amides is 2. The molecule has 5 nitrogen and oxygen atoms in total.